The molecule has 3 rings (SSSR count). The lowest BCUT2D eigenvalue weighted by Gasteiger charge is -2.02. The molecule has 0 amide bonds. The number of nitrogens with one attached hydrogen (secondary N) is 1. The number of hydrogen-bond acceptors (Lipinski definition) is 3. The van der Waals surface area contributed by atoms with Crippen LogP contribution in [0.25, 0.3) is 11.0 Å². The van der Waals surface area contributed by atoms with Gasteiger partial charge in [0.15, 0.2) is 5.78 Å². The minimum Gasteiger partial charge on any atom is -0.310 e. The summed E-state index contributed by atoms with van der Waals surface area (Å²) in [5.74, 6) is 0.0357. The van der Waals surface area contributed by atoms with Crippen LogP contribution in [0.15, 0.2) is 40.2 Å². The third-order valence-corrected chi connectivity index (χ3v) is 5.24. The Kier molecular flexibility index (Phi) is 4.31. The lowest BCUT2D eigenvalue weighted by Crippen LogP contribution is -2.27. The number of nitrogens with zero attached hydrogens (tertiary/aromatic N) is 2. The van der Waals surface area contributed by atoms with Crippen molar-refractivity contribution >= 4 is 44.1 Å². The Balaban J connectivity index is 2.05. The van der Waals surface area contributed by atoms with E-state index in [4.69, 9.17) is 5.41 Å². The standard InChI is InChI=1S/C16H16BrN3OS/c1-2-9-19-11-5-3-4-6-12(11)20(16(19)18)10-13(21)14-7-8-15(17)22-14/h3-8,18H,2,9-10H2,1H3. The number of fused-ring (bicyclic) bond motifs is 1. The Bertz CT molecular complexity index is 890. The van der Waals surface area contributed by atoms with Gasteiger partial charge in [0.25, 0.3) is 0 Å². The first-order chi connectivity index (χ1) is 10.6. The zero-order valence-corrected chi connectivity index (χ0v) is 14.6. The molecule has 22 heavy (non-hydrogen) atoms. The molecule has 1 aromatic carbocycles. The van der Waals surface area contributed by atoms with Gasteiger partial charge in [-0.05, 0) is 46.6 Å². The Morgan fingerprint density at radius 1 is 1.18 bits per heavy atom. The molecule has 0 saturated carbocycles. The molecule has 0 saturated heterocycles. The fourth-order valence-corrected chi connectivity index (χ4v) is 3.91. The average molecular weight is 378 g/mol. The van der Waals surface area contributed by atoms with Gasteiger partial charge in [-0.1, -0.05) is 19.1 Å². The Labute approximate surface area is 140 Å². The Morgan fingerprint density at radius 2 is 1.86 bits per heavy atom. The van der Waals surface area contributed by atoms with Crippen LogP contribution in [0.1, 0.15) is 23.0 Å². The normalized spacial score (nSPS) is 11.2. The summed E-state index contributed by atoms with van der Waals surface area (Å²) in [7, 11) is 0. The van der Waals surface area contributed by atoms with Gasteiger partial charge in [-0.2, -0.15) is 0 Å². The van der Waals surface area contributed by atoms with Crippen LogP contribution in [0.4, 0.5) is 0 Å². The Hall–Kier alpha value is -1.66. The van der Waals surface area contributed by atoms with Gasteiger partial charge in [0.1, 0.15) is 0 Å². The highest BCUT2D eigenvalue weighted by atomic mass is 79.9. The van der Waals surface area contributed by atoms with Gasteiger partial charge >= 0.3 is 0 Å². The summed E-state index contributed by atoms with van der Waals surface area (Å²) in [5, 5.41) is 8.41. The van der Waals surface area contributed by atoms with Gasteiger partial charge in [-0.3, -0.25) is 10.2 Å². The number of carbonyl (C=O) groups is 1. The molecule has 0 aliphatic heterocycles. The van der Waals surface area contributed by atoms with Crippen LogP contribution in [0.3, 0.4) is 0 Å². The van der Waals surface area contributed by atoms with E-state index in [1.165, 1.54) is 11.3 Å². The summed E-state index contributed by atoms with van der Waals surface area (Å²) in [4.78, 5) is 13.2. The summed E-state index contributed by atoms with van der Waals surface area (Å²) >= 11 is 4.81. The molecule has 3 aromatic rings. The van der Waals surface area contributed by atoms with Crippen molar-refractivity contribution < 1.29 is 4.79 Å². The van der Waals surface area contributed by atoms with Gasteiger partial charge in [0.2, 0.25) is 5.62 Å². The number of thiophene rings is 1. The highest BCUT2D eigenvalue weighted by Gasteiger charge is 2.15. The first-order valence-corrected chi connectivity index (χ1v) is 8.74. The van der Waals surface area contributed by atoms with Crippen LogP contribution in [-0.2, 0) is 13.1 Å². The summed E-state index contributed by atoms with van der Waals surface area (Å²) in [6.07, 6.45) is 0.955. The van der Waals surface area contributed by atoms with E-state index in [-0.39, 0.29) is 12.3 Å². The fraction of sp³-hybridized carbons (Fsp3) is 0.250. The van der Waals surface area contributed by atoms with Crippen molar-refractivity contribution in [1.29, 1.82) is 5.41 Å². The van der Waals surface area contributed by atoms with Crippen molar-refractivity contribution in [1.82, 2.24) is 9.13 Å². The number of halogens is 1. The zero-order valence-electron chi connectivity index (χ0n) is 12.2. The second-order valence-electron chi connectivity index (χ2n) is 5.08. The number of benzene rings is 1. The van der Waals surface area contributed by atoms with Crippen molar-refractivity contribution in [2.45, 2.75) is 26.4 Å². The predicted molar refractivity (Wildman–Crippen MR) is 92.4 cm³/mol. The van der Waals surface area contributed by atoms with Crippen LogP contribution in [0, 0.1) is 5.41 Å². The Morgan fingerprint density at radius 3 is 2.45 bits per heavy atom. The van der Waals surface area contributed by atoms with Gasteiger partial charge in [-0.25, -0.2) is 0 Å². The molecule has 0 bridgehead atoms. The smallest absolute Gasteiger partial charge is 0.203 e. The van der Waals surface area contributed by atoms with Gasteiger partial charge in [0.05, 0.1) is 26.2 Å². The van der Waals surface area contributed by atoms with E-state index in [0.717, 1.165) is 27.8 Å². The van der Waals surface area contributed by atoms with E-state index >= 15 is 0 Å². The lowest BCUT2D eigenvalue weighted by molar-refractivity contribution is 0.0975. The molecule has 0 atom stereocenters. The highest BCUT2D eigenvalue weighted by molar-refractivity contribution is 9.11. The molecule has 1 N–H and O–H groups in total. The first-order valence-electron chi connectivity index (χ1n) is 7.13. The molecule has 2 aromatic heterocycles. The van der Waals surface area contributed by atoms with Crippen molar-refractivity contribution in [3.8, 4) is 0 Å². The van der Waals surface area contributed by atoms with Crippen molar-refractivity contribution in [3.63, 3.8) is 0 Å². The molecular weight excluding hydrogens is 362 g/mol. The number of rotatable bonds is 5. The molecule has 4 nitrogen and oxygen atoms in total. The molecular formula is C16H16BrN3OS. The van der Waals surface area contributed by atoms with E-state index in [1.807, 2.05) is 41.0 Å². The third kappa shape index (κ3) is 2.68. The third-order valence-electron chi connectivity index (χ3n) is 3.57. The maximum Gasteiger partial charge on any atom is 0.203 e. The van der Waals surface area contributed by atoms with E-state index in [0.29, 0.717) is 10.5 Å². The second kappa shape index (κ2) is 6.22. The van der Waals surface area contributed by atoms with Gasteiger partial charge in [0, 0.05) is 6.54 Å². The van der Waals surface area contributed by atoms with Crippen LogP contribution in [0.5, 0.6) is 0 Å². The minimum atomic E-state index is 0.0357. The van der Waals surface area contributed by atoms with E-state index in [1.54, 1.807) is 4.57 Å². The predicted octanol–water partition coefficient (Wildman–Crippen LogP) is 4.04. The maximum atomic E-state index is 12.5. The maximum absolute atomic E-state index is 12.5. The SMILES string of the molecule is CCCn1c(=N)n(CC(=O)c2ccc(Br)s2)c2ccccc21. The zero-order chi connectivity index (χ0) is 15.7. The van der Waals surface area contributed by atoms with E-state index in [9.17, 15) is 4.79 Å². The van der Waals surface area contributed by atoms with Gasteiger partial charge in [-0.15, -0.1) is 11.3 Å². The first kappa shape index (κ1) is 15.2. The van der Waals surface area contributed by atoms with Crippen LogP contribution in [-0.4, -0.2) is 14.9 Å². The molecule has 0 aliphatic carbocycles. The molecule has 0 radical (unpaired) electrons. The number of para-hydroxylation sites is 2. The number of aryl methyl sites for hydroxylation is 1. The van der Waals surface area contributed by atoms with Crippen molar-refractivity contribution in [2.75, 3.05) is 0 Å². The number of hydrogen-bond donors (Lipinski definition) is 1. The fourth-order valence-electron chi connectivity index (χ4n) is 2.59. The number of aromatic nitrogens is 2. The topological polar surface area (TPSA) is 50.8 Å². The van der Waals surface area contributed by atoms with E-state index in [2.05, 4.69) is 22.9 Å². The second-order valence-corrected chi connectivity index (χ2v) is 7.54. The summed E-state index contributed by atoms with van der Waals surface area (Å²) in [6.45, 7) is 3.07. The molecule has 0 spiro atoms. The number of imidazole rings is 1. The number of ketones is 1. The summed E-state index contributed by atoms with van der Waals surface area (Å²) in [5.41, 5.74) is 2.33. The largest absolute Gasteiger partial charge is 0.310 e. The van der Waals surface area contributed by atoms with Crippen molar-refractivity contribution in [3.05, 3.63) is 50.7 Å². The lowest BCUT2D eigenvalue weighted by atomic mass is 10.3. The quantitative estimate of drug-likeness (QED) is 0.670. The van der Waals surface area contributed by atoms with Crippen LogP contribution >= 0.6 is 27.3 Å². The highest BCUT2D eigenvalue weighted by Crippen LogP contribution is 2.23. The summed E-state index contributed by atoms with van der Waals surface area (Å²) < 4.78 is 4.70. The molecule has 0 aliphatic rings. The molecule has 6 heteroatoms. The van der Waals surface area contributed by atoms with Crippen molar-refractivity contribution in [2.24, 2.45) is 0 Å². The number of Topliss-reactive ketones (excluding diaryl/α,β-unsaturated/α-hetero) is 1. The average Bonchev–Trinajstić information content (AvgIpc) is 3.05. The molecule has 0 unspecified atom stereocenters. The van der Waals surface area contributed by atoms with E-state index < -0.39 is 0 Å². The van der Waals surface area contributed by atoms with Gasteiger partial charge < -0.3 is 9.13 Å². The van der Waals surface area contributed by atoms with Crippen LogP contribution < -0.4 is 5.62 Å². The monoisotopic (exact) mass is 377 g/mol. The minimum absolute atomic E-state index is 0.0357. The number of carbonyl (C=O) groups excluding carboxylic acids is 1. The molecule has 2 heterocycles. The van der Waals surface area contributed by atoms with Crippen LogP contribution in [0.2, 0.25) is 0 Å². The molecule has 114 valence electrons. The molecule has 0 fully saturated rings. The summed E-state index contributed by atoms with van der Waals surface area (Å²) in [6, 6.07) is 11.6.